The molecule has 1 fully saturated rings. The molecule has 1 aromatic carbocycles. The third-order valence-electron chi connectivity index (χ3n) is 4.68. The van der Waals surface area contributed by atoms with Crippen LogP contribution in [0.2, 0.25) is 0 Å². The van der Waals surface area contributed by atoms with E-state index < -0.39 is 5.91 Å². The van der Waals surface area contributed by atoms with Crippen LogP contribution in [0.5, 0.6) is 0 Å². The van der Waals surface area contributed by atoms with Crippen LogP contribution in [0.3, 0.4) is 0 Å². The molecule has 0 spiro atoms. The molecule has 2 aliphatic rings. The van der Waals surface area contributed by atoms with Crippen molar-refractivity contribution >= 4 is 23.1 Å². The monoisotopic (exact) mass is 364 g/mol. The molecular formula is C20H20N4O3. The maximum Gasteiger partial charge on any atom is 0.275 e. The molecule has 0 unspecified atom stereocenters. The first-order valence-electron chi connectivity index (χ1n) is 8.88. The Kier molecular flexibility index (Phi) is 4.84. The number of benzene rings is 1. The summed E-state index contributed by atoms with van der Waals surface area (Å²) in [5.41, 5.74) is 3.46. The van der Waals surface area contributed by atoms with Crippen LogP contribution in [-0.4, -0.2) is 43.1 Å². The van der Waals surface area contributed by atoms with Crippen molar-refractivity contribution in [1.29, 1.82) is 0 Å². The van der Waals surface area contributed by atoms with E-state index in [0.29, 0.717) is 36.6 Å². The summed E-state index contributed by atoms with van der Waals surface area (Å²) in [6, 6.07) is 11.4. The van der Waals surface area contributed by atoms with Crippen LogP contribution in [-0.2, 0) is 20.9 Å². The predicted molar refractivity (Wildman–Crippen MR) is 101 cm³/mol. The zero-order valence-electron chi connectivity index (χ0n) is 14.8. The van der Waals surface area contributed by atoms with Crippen molar-refractivity contribution in [1.82, 2.24) is 15.6 Å². The Morgan fingerprint density at radius 2 is 1.70 bits per heavy atom. The van der Waals surface area contributed by atoms with Gasteiger partial charge in [-0.2, -0.15) is 0 Å². The minimum Gasteiger partial charge on any atom is -0.378 e. The van der Waals surface area contributed by atoms with Crippen molar-refractivity contribution in [3.05, 3.63) is 65.6 Å². The number of nitrogens with one attached hydrogen (secondary N) is 2. The highest BCUT2D eigenvalue weighted by Gasteiger charge is 2.31. The Hall–Kier alpha value is -3.19. The minimum atomic E-state index is -0.402. The first-order chi connectivity index (χ1) is 13.2. The van der Waals surface area contributed by atoms with Crippen LogP contribution >= 0.6 is 0 Å². The van der Waals surface area contributed by atoms with Gasteiger partial charge in [0.25, 0.3) is 11.8 Å². The van der Waals surface area contributed by atoms with Gasteiger partial charge in [-0.3, -0.25) is 19.9 Å². The van der Waals surface area contributed by atoms with Crippen LogP contribution in [0.15, 0.2) is 54.5 Å². The zero-order chi connectivity index (χ0) is 18.6. The fourth-order valence-corrected chi connectivity index (χ4v) is 3.25. The van der Waals surface area contributed by atoms with Crippen molar-refractivity contribution in [3.63, 3.8) is 0 Å². The number of ether oxygens (including phenoxy) is 1. The van der Waals surface area contributed by atoms with Crippen molar-refractivity contribution in [2.45, 2.75) is 6.54 Å². The smallest absolute Gasteiger partial charge is 0.275 e. The van der Waals surface area contributed by atoms with Gasteiger partial charge in [0.05, 0.1) is 18.8 Å². The Labute approximate surface area is 157 Å². The molecule has 1 aromatic heterocycles. The van der Waals surface area contributed by atoms with E-state index in [9.17, 15) is 9.59 Å². The van der Waals surface area contributed by atoms with Gasteiger partial charge < -0.3 is 15.0 Å². The van der Waals surface area contributed by atoms with E-state index in [2.05, 4.69) is 20.5 Å². The average Bonchev–Trinajstić information content (AvgIpc) is 3.01. The van der Waals surface area contributed by atoms with E-state index in [0.717, 1.165) is 24.3 Å². The molecule has 2 N–H and O–H groups in total. The molecular weight excluding hydrogens is 344 g/mol. The number of hydrogen-bond donors (Lipinski definition) is 2. The SMILES string of the molecule is O=C1NC(=O)C(c2ccc(N3CCOCC3)cc2)=C1NCc1ccncc1. The molecule has 1 saturated heterocycles. The summed E-state index contributed by atoms with van der Waals surface area (Å²) in [6.45, 7) is 3.56. The van der Waals surface area contributed by atoms with E-state index in [-0.39, 0.29) is 5.91 Å². The van der Waals surface area contributed by atoms with Gasteiger partial charge in [-0.05, 0) is 35.4 Å². The average molecular weight is 364 g/mol. The molecule has 2 aromatic rings. The fourth-order valence-electron chi connectivity index (χ4n) is 3.25. The lowest BCUT2D eigenvalue weighted by atomic mass is 10.0. The summed E-state index contributed by atoms with van der Waals surface area (Å²) in [7, 11) is 0. The molecule has 0 bridgehead atoms. The summed E-state index contributed by atoms with van der Waals surface area (Å²) >= 11 is 0. The molecule has 0 radical (unpaired) electrons. The van der Waals surface area contributed by atoms with Crippen molar-refractivity contribution in [2.24, 2.45) is 0 Å². The van der Waals surface area contributed by atoms with E-state index in [1.807, 2.05) is 36.4 Å². The zero-order valence-corrected chi connectivity index (χ0v) is 14.8. The van der Waals surface area contributed by atoms with Crippen molar-refractivity contribution < 1.29 is 14.3 Å². The second kappa shape index (κ2) is 7.59. The normalized spacial score (nSPS) is 17.3. The van der Waals surface area contributed by atoms with E-state index >= 15 is 0 Å². The Bertz CT molecular complexity index is 872. The summed E-state index contributed by atoms with van der Waals surface area (Å²) in [5.74, 6) is -0.780. The number of aromatic nitrogens is 1. The maximum atomic E-state index is 12.3. The van der Waals surface area contributed by atoms with Crippen LogP contribution < -0.4 is 15.5 Å². The largest absolute Gasteiger partial charge is 0.378 e. The number of imide groups is 1. The second-order valence-corrected chi connectivity index (χ2v) is 6.39. The number of carbonyl (C=O) groups is 2. The molecule has 2 amide bonds. The van der Waals surface area contributed by atoms with Gasteiger partial charge in [-0.25, -0.2) is 0 Å². The molecule has 3 heterocycles. The van der Waals surface area contributed by atoms with Crippen molar-refractivity contribution in [3.8, 4) is 0 Å². The highest BCUT2D eigenvalue weighted by molar-refractivity contribution is 6.35. The summed E-state index contributed by atoms with van der Waals surface area (Å²) in [4.78, 5) is 30.8. The lowest BCUT2D eigenvalue weighted by molar-refractivity contribution is -0.123. The predicted octanol–water partition coefficient (Wildman–Crippen LogP) is 1.08. The topological polar surface area (TPSA) is 83.6 Å². The molecule has 0 atom stereocenters. The molecule has 4 rings (SSSR count). The molecule has 0 aliphatic carbocycles. The lowest BCUT2D eigenvalue weighted by Gasteiger charge is -2.28. The summed E-state index contributed by atoms with van der Waals surface area (Å²) in [6.07, 6.45) is 3.38. The fraction of sp³-hybridized carbons (Fsp3) is 0.250. The van der Waals surface area contributed by atoms with Gasteiger partial charge in [0, 0.05) is 37.7 Å². The number of anilines is 1. The molecule has 0 saturated carbocycles. The first kappa shape index (κ1) is 17.2. The van der Waals surface area contributed by atoms with E-state index in [1.165, 1.54) is 0 Å². The third kappa shape index (κ3) is 3.68. The Balaban J connectivity index is 1.57. The van der Waals surface area contributed by atoms with Gasteiger partial charge in [0.15, 0.2) is 0 Å². The molecule has 7 nitrogen and oxygen atoms in total. The van der Waals surface area contributed by atoms with Crippen LogP contribution in [0.4, 0.5) is 5.69 Å². The van der Waals surface area contributed by atoms with Gasteiger partial charge in [-0.1, -0.05) is 12.1 Å². The quantitative estimate of drug-likeness (QED) is 0.773. The van der Waals surface area contributed by atoms with Gasteiger partial charge in [0.2, 0.25) is 0 Å². The highest BCUT2D eigenvalue weighted by Crippen LogP contribution is 2.25. The number of pyridine rings is 1. The molecule has 138 valence electrons. The number of amides is 2. The Morgan fingerprint density at radius 3 is 2.41 bits per heavy atom. The number of nitrogens with zero attached hydrogens (tertiary/aromatic N) is 2. The number of rotatable bonds is 5. The highest BCUT2D eigenvalue weighted by atomic mass is 16.5. The third-order valence-corrected chi connectivity index (χ3v) is 4.68. The van der Waals surface area contributed by atoms with Crippen LogP contribution in [0.1, 0.15) is 11.1 Å². The van der Waals surface area contributed by atoms with E-state index in [1.54, 1.807) is 12.4 Å². The van der Waals surface area contributed by atoms with Gasteiger partial charge >= 0.3 is 0 Å². The van der Waals surface area contributed by atoms with Gasteiger partial charge in [-0.15, -0.1) is 0 Å². The number of morpholine rings is 1. The molecule has 7 heteroatoms. The number of hydrogen-bond acceptors (Lipinski definition) is 6. The maximum absolute atomic E-state index is 12.3. The summed E-state index contributed by atoms with van der Waals surface area (Å²) < 4.78 is 5.38. The first-order valence-corrected chi connectivity index (χ1v) is 8.88. The Morgan fingerprint density at radius 1 is 1.00 bits per heavy atom. The standard InChI is InChI=1S/C20H20N4O3/c25-19-17(15-1-3-16(4-2-15)24-9-11-27-12-10-24)18(20(26)23-19)22-13-14-5-7-21-8-6-14/h1-8H,9-13H2,(H2,22,23,25,26). The molecule has 2 aliphatic heterocycles. The van der Waals surface area contributed by atoms with Crippen molar-refractivity contribution in [2.75, 3.05) is 31.2 Å². The summed E-state index contributed by atoms with van der Waals surface area (Å²) in [5, 5.41) is 5.47. The van der Waals surface area contributed by atoms with Gasteiger partial charge in [0.1, 0.15) is 5.70 Å². The second-order valence-electron chi connectivity index (χ2n) is 6.39. The molecule has 27 heavy (non-hydrogen) atoms. The lowest BCUT2D eigenvalue weighted by Crippen LogP contribution is -2.36. The minimum absolute atomic E-state index is 0.302. The van der Waals surface area contributed by atoms with E-state index in [4.69, 9.17) is 4.74 Å². The number of carbonyl (C=O) groups excluding carboxylic acids is 2. The van der Waals surface area contributed by atoms with Crippen LogP contribution in [0, 0.1) is 0 Å². The van der Waals surface area contributed by atoms with Crippen LogP contribution in [0.25, 0.3) is 5.57 Å².